The van der Waals surface area contributed by atoms with Crippen LogP contribution in [0.15, 0.2) is 30.4 Å². The van der Waals surface area contributed by atoms with Crippen molar-refractivity contribution in [1.29, 1.82) is 0 Å². The Morgan fingerprint density at radius 3 is 2.00 bits per heavy atom. The van der Waals surface area contributed by atoms with Crippen molar-refractivity contribution in [2.45, 2.75) is 51.9 Å². The second kappa shape index (κ2) is 13.7. The Balaban J connectivity index is 2.34. The van der Waals surface area contributed by atoms with E-state index in [1.807, 2.05) is 0 Å². The van der Waals surface area contributed by atoms with Gasteiger partial charge in [-0.05, 0) is 18.6 Å². The van der Waals surface area contributed by atoms with Gasteiger partial charge in [0.2, 0.25) is 5.75 Å². The van der Waals surface area contributed by atoms with Gasteiger partial charge in [-0.1, -0.05) is 51.5 Å². The molecule has 1 rings (SSSR count). The lowest BCUT2D eigenvalue weighted by molar-refractivity contribution is -0.138. The molecule has 0 spiro atoms. The van der Waals surface area contributed by atoms with Gasteiger partial charge in [0, 0.05) is 12.2 Å². The number of rotatable bonds is 13. The van der Waals surface area contributed by atoms with Crippen LogP contribution in [0, 0.1) is 0 Å². The first-order valence-corrected chi connectivity index (χ1v) is 9.40. The monoisotopic (exact) mass is 378 g/mol. The number of methoxy groups -OCH3 is 2. The molecule has 0 aliphatic carbocycles. The zero-order chi connectivity index (χ0) is 19.9. The summed E-state index contributed by atoms with van der Waals surface area (Å²) in [4.78, 5) is 23.6. The molecule has 0 bridgehead atoms. The highest BCUT2D eigenvalue weighted by atomic mass is 16.6. The number of unbranched alkanes of at least 4 members (excludes halogenated alkanes) is 6. The third-order valence-electron chi connectivity index (χ3n) is 3.93. The zero-order valence-electron chi connectivity index (χ0n) is 16.5. The Morgan fingerprint density at radius 1 is 0.852 bits per heavy atom. The minimum absolute atomic E-state index is 0.161. The van der Waals surface area contributed by atoms with E-state index in [2.05, 4.69) is 6.92 Å². The van der Waals surface area contributed by atoms with Gasteiger partial charge in [-0.15, -0.1) is 0 Å². The molecule has 0 fully saturated rings. The third kappa shape index (κ3) is 9.13. The van der Waals surface area contributed by atoms with Gasteiger partial charge in [-0.25, -0.2) is 9.59 Å². The van der Waals surface area contributed by atoms with E-state index >= 15 is 0 Å². The van der Waals surface area contributed by atoms with Crippen molar-refractivity contribution in [1.82, 2.24) is 0 Å². The van der Waals surface area contributed by atoms with Gasteiger partial charge in [-0.3, -0.25) is 0 Å². The fraction of sp³-hybridized carbons (Fsp3) is 0.524. The van der Waals surface area contributed by atoms with Crippen molar-refractivity contribution in [3.63, 3.8) is 0 Å². The number of para-hydroxylation sites is 1. The first kappa shape index (κ1) is 22.5. The second-order valence-corrected chi connectivity index (χ2v) is 6.03. The molecule has 0 N–H and O–H groups in total. The number of hydrogen-bond donors (Lipinski definition) is 0. The molecule has 6 nitrogen and oxygen atoms in total. The smallest absolute Gasteiger partial charge is 0.336 e. The summed E-state index contributed by atoms with van der Waals surface area (Å²) in [6, 6.07) is 5.00. The summed E-state index contributed by atoms with van der Waals surface area (Å²) in [5.41, 5.74) is 0. The fourth-order valence-corrected chi connectivity index (χ4v) is 2.47. The van der Waals surface area contributed by atoms with Crippen molar-refractivity contribution < 1.29 is 28.5 Å². The van der Waals surface area contributed by atoms with Crippen LogP contribution in [0.1, 0.15) is 51.9 Å². The predicted molar refractivity (Wildman–Crippen MR) is 103 cm³/mol. The van der Waals surface area contributed by atoms with E-state index in [9.17, 15) is 9.59 Å². The van der Waals surface area contributed by atoms with E-state index in [0.29, 0.717) is 18.1 Å². The van der Waals surface area contributed by atoms with E-state index < -0.39 is 11.9 Å². The van der Waals surface area contributed by atoms with Crippen LogP contribution in [0.4, 0.5) is 0 Å². The zero-order valence-corrected chi connectivity index (χ0v) is 16.5. The molecular weight excluding hydrogens is 348 g/mol. The van der Waals surface area contributed by atoms with Crippen molar-refractivity contribution in [3.8, 4) is 17.2 Å². The average Bonchev–Trinajstić information content (AvgIpc) is 2.68. The number of carbonyl (C=O) groups is 2. The molecule has 1 aromatic rings. The summed E-state index contributed by atoms with van der Waals surface area (Å²) >= 11 is 0. The fourth-order valence-electron chi connectivity index (χ4n) is 2.47. The van der Waals surface area contributed by atoms with Gasteiger partial charge < -0.3 is 18.9 Å². The predicted octanol–water partition coefficient (Wildman–Crippen LogP) is 4.46. The van der Waals surface area contributed by atoms with Crippen LogP contribution in [0.3, 0.4) is 0 Å². The Bertz CT molecular complexity index is 586. The van der Waals surface area contributed by atoms with Gasteiger partial charge in [0.1, 0.15) is 0 Å². The second-order valence-electron chi connectivity index (χ2n) is 6.03. The number of hydrogen-bond acceptors (Lipinski definition) is 6. The van der Waals surface area contributed by atoms with Crippen LogP contribution in [-0.2, 0) is 14.3 Å². The van der Waals surface area contributed by atoms with Gasteiger partial charge >= 0.3 is 11.9 Å². The van der Waals surface area contributed by atoms with Crippen LogP contribution in [-0.4, -0.2) is 32.8 Å². The van der Waals surface area contributed by atoms with Crippen molar-refractivity contribution in [2.24, 2.45) is 0 Å². The topological polar surface area (TPSA) is 71.1 Å². The Kier molecular flexibility index (Phi) is 11.4. The summed E-state index contributed by atoms with van der Waals surface area (Å²) < 4.78 is 20.6. The molecule has 1 aromatic carbocycles. The van der Waals surface area contributed by atoms with Crippen LogP contribution in [0.5, 0.6) is 17.2 Å². The highest BCUT2D eigenvalue weighted by Gasteiger charge is 2.14. The lowest BCUT2D eigenvalue weighted by Gasteiger charge is -2.11. The highest BCUT2D eigenvalue weighted by molar-refractivity contribution is 5.93. The summed E-state index contributed by atoms with van der Waals surface area (Å²) in [5.74, 6) is -0.403. The van der Waals surface area contributed by atoms with Gasteiger partial charge in [-0.2, -0.15) is 0 Å². The van der Waals surface area contributed by atoms with Crippen molar-refractivity contribution in [2.75, 3.05) is 20.8 Å². The average molecular weight is 378 g/mol. The maximum atomic E-state index is 11.9. The third-order valence-corrected chi connectivity index (χ3v) is 3.93. The standard InChI is InChI=1S/C21H30O6/c1-4-5-6-7-8-9-10-16-26-19(22)14-15-20(23)27-21-17(24-2)12-11-13-18(21)25-3/h11-15H,4-10,16H2,1-3H3/b15-14+. The van der Waals surface area contributed by atoms with E-state index in [1.54, 1.807) is 18.2 Å². The van der Waals surface area contributed by atoms with E-state index in [-0.39, 0.29) is 5.75 Å². The molecule has 0 aromatic heterocycles. The molecule has 27 heavy (non-hydrogen) atoms. The number of benzene rings is 1. The van der Waals surface area contributed by atoms with Crippen LogP contribution >= 0.6 is 0 Å². The SMILES string of the molecule is CCCCCCCCCOC(=O)/C=C/C(=O)Oc1c(OC)cccc1OC. The lowest BCUT2D eigenvalue weighted by atomic mass is 10.1. The van der Waals surface area contributed by atoms with Gasteiger partial charge in [0.05, 0.1) is 20.8 Å². The normalized spacial score (nSPS) is 10.6. The molecular formula is C21H30O6. The largest absolute Gasteiger partial charge is 0.493 e. The van der Waals surface area contributed by atoms with E-state index in [0.717, 1.165) is 31.4 Å². The van der Waals surface area contributed by atoms with Crippen molar-refractivity contribution >= 4 is 11.9 Å². The minimum atomic E-state index is -0.717. The van der Waals surface area contributed by atoms with E-state index in [1.165, 1.54) is 39.9 Å². The summed E-state index contributed by atoms with van der Waals surface area (Å²) in [7, 11) is 2.92. The molecule has 0 atom stereocenters. The number of carbonyl (C=O) groups excluding carboxylic acids is 2. The molecule has 0 amide bonds. The molecule has 0 aliphatic heterocycles. The van der Waals surface area contributed by atoms with Crippen LogP contribution in [0.25, 0.3) is 0 Å². The minimum Gasteiger partial charge on any atom is -0.493 e. The quantitative estimate of drug-likeness (QED) is 0.218. The van der Waals surface area contributed by atoms with E-state index in [4.69, 9.17) is 18.9 Å². The van der Waals surface area contributed by atoms with Crippen LogP contribution in [0.2, 0.25) is 0 Å². The summed E-state index contributed by atoms with van der Waals surface area (Å²) in [5, 5.41) is 0. The first-order chi connectivity index (χ1) is 13.1. The lowest BCUT2D eigenvalue weighted by Crippen LogP contribution is -2.08. The van der Waals surface area contributed by atoms with Crippen molar-refractivity contribution in [3.05, 3.63) is 30.4 Å². The summed E-state index contributed by atoms with van der Waals surface area (Å²) in [6.45, 7) is 2.54. The Labute approximate surface area is 161 Å². The first-order valence-electron chi connectivity index (χ1n) is 9.40. The molecule has 0 aliphatic rings. The molecule has 0 saturated carbocycles. The summed E-state index contributed by atoms with van der Waals surface area (Å²) in [6.07, 6.45) is 10.1. The molecule has 150 valence electrons. The Hall–Kier alpha value is -2.50. The Morgan fingerprint density at radius 2 is 1.41 bits per heavy atom. The molecule has 0 radical (unpaired) electrons. The number of esters is 2. The number of ether oxygens (including phenoxy) is 4. The maximum absolute atomic E-state index is 11.9. The van der Waals surface area contributed by atoms with Gasteiger partial charge in [0.15, 0.2) is 11.5 Å². The molecule has 0 heterocycles. The highest BCUT2D eigenvalue weighted by Crippen LogP contribution is 2.36. The molecule has 6 heteroatoms. The maximum Gasteiger partial charge on any atom is 0.336 e. The van der Waals surface area contributed by atoms with Gasteiger partial charge in [0.25, 0.3) is 0 Å². The van der Waals surface area contributed by atoms with Crippen LogP contribution < -0.4 is 14.2 Å². The molecule has 0 saturated heterocycles. The molecule has 0 unspecified atom stereocenters.